The van der Waals surface area contributed by atoms with Gasteiger partial charge in [0, 0.05) is 5.56 Å². The normalized spacial score (nSPS) is 21.4. The Labute approximate surface area is 149 Å². The molecule has 0 spiro atoms. The molecule has 2 aliphatic carbocycles. The van der Waals surface area contributed by atoms with Crippen molar-refractivity contribution in [1.82, 2.24) is 5.32 Å². The molecule has 24 heavy (non-hydrogen) atoms. The lowest BCUT2D eigenvalue weighted by atomic mass is 9.88. The van der Waals surface area contributed by atoms with E-state index in [1.807, 2.05) is 24.3 Å². The van der Waals surface area contributed by atoms with Gasteiger partial charge in [0.1, 0.15) is 0 Å². The third kappa shape index (κ3) is 2.94. The number of halogens is 1. The number of hydrogen-bond donors (Lipinski definition) is 2. The number of nitrogens with one attached hydrogen (secondary N) is 1. The van der Waals surface area contributed by atoms with E-state index in [-0.39, 0.29) is 30.4 Å². The van der Waals surface area contributed by atoms with E-state index in [0.717, 1.165) is 30.4 Å². The molecule has 3 nitrogen and oxygen atoms in total. The van der Waals surface area contributed by atoms with Crippen LogP contribution < -0.4 is 11.1 Å². The molecule has 0 aliphatic heterocycles. The summed E-state index contributed by atoms with van der Waals surface area (Å²) >= 11 is 0. The first-order valence-electron chi connectivity index (χ1n) is 8.49. The molecule has 2 aliphatic rings. The third-order valence-corrected chi connectivity index (χ3v) is 5.24. The molecule has 0 heterocycles. The van der Waals surface area contributed by atoms with Crippen LogP contribution in [0.15, 0.2) is 42.5 Å². The van der Waals surface area contributed by atoms with E-state index in [9.17, 15) is 4.79 Å². The lowest BCUT2D eigenvalue weighted by Gasteiger charge is -2.22. The zero-order chi connectivity index (χ0) is 15.8. The number of nitrogens with two attached hydrogens (primary N) is 1. The molecule has 0 radical (unpaired) electrons. The van der Waals surface area contributed by atoms with Crippen LogP contribution >= 0.6 is 12.4 Å². The zero-order valence-corrected chi connectivity index (χ0v) is 14.4. The van der Waals surface area contributed by atoms with Gasteiger partial charge in [-0.3, -0.25) is 4.79 Å². The van der Waals surface area contributed by atoms with Gasteiger partial charge >= 0.3 is 0 Å². The summed E-state index contributed by atoms with van der Waals surface area (Å²) in [5.41, 5.74) is 12.2. The van der Waals surface area contributed by atoms with Crippen molar-refractivity contribution < 1.29 is 4.79 Å². The second-order valence-electron chi connectivity index (χ2n) is 6.66. The Bertz CT molecular complexity index is 759. The van der Waals surface area contributed by atoms with Crippen LogP contribution in [0.25, 0.3) is 0 Å². The topological polar surface area (TPSA) is 55.1 Å². The Balaban J connectivity index is 0.00000169. The summed E-state index contributed by atoms with van der Waals surface area (Å²) in [6.07, 6.45) is 5.31. The van der Waals surface area contributed by atoms with E-state index in [1.165, 1.54) is 29.5 Å². The Kier molecular flexibility index (Phi) is 4.93. The Morgan fingerprint density at radius 3 is 2.58 bits per heavy atom. The molecule has 0 bridgehead atoms. The van der Waals surface area contributed by atoms with Crippen molar-refractivity contribution in [2.24, 2.45) is 5.73 Å². The van der Waals surface area contributed by atoms with Crippen molar-refractivity contribution in [3.8, 4) is 0 Å². The maximum absolute atomic E-state index is 12.8. The first kappa shape index (κ1) is 17.0. The van der Waals surface area contributed by atoms with Crippen molar-refractivity contribution in [3.05, 3.63) is 70.3 Å². The number of amides is 1. The van der Waals surface area contributed by atoms with Gasteiger partial charge in [-0.1, -0.05) is 36.4 Å². The molecule has 0 aromatic heterocycles. The van der Waals surface area contributed by atoms with Gasteiger partial charge in [-0.25, -0.2) is 0 Å². The maximum atomic E-state index is 12.8. The number of benzene rings is 2. The van der Waals surface area contributed by atoms with Gasteiger partial charge in [0.05, 0.1) is 12.1 Å². The standard InChI is InChI=1S/C20H22N2O.ClH/c21-19-16-10-4-2-7-14(16)12-18(19)22-20(23)17-11-5-8-13-6-1-3-9-15(13)17;/h2,4-5,7-8,10-11,18-19H,1,3,6,9,12,21H2,(H,22,23);1H/t18-,19-;/m1./s1. The maximum Gasteiger partial charge on any atom is 0.251 e. The highest BCUT2D eigenvalue weighted by Gasteiger charge is 2.31. The Morgan fingerprint density at radius 1 is 1.00 bits per heavy atom. The van der Waals surface area contributed by atoms with Crippen molar-refractivity contribution >= 4 is 18.3 Å². The summed E-state index contributed by atoms with van der Waals surface area (Å²) in [7, 11) is 0. The molecule has 0 unspecified atom stereocenters. The highest BCUT2D eigenvalue weighted by atomic mass is 35.5. The highest BCUT2D eigenvalue weighted by Crippen LogP contribution is 2.30. The third-order valence-electron chi connectivity index (χ3n) is 5.24. The number of fused-ring (bicyclic) bond motifs is 2. The minimum Gasteiger partial charge on any atom is -0.347 e. The fourth-order valence-electron chi connectivity index (χ4n) is 4.01. The fraction of sp³-hybridized carbons (Fsp3) is 0.350. The minimum atomic E-state index is -0.116. The molecule has 4 heteroatoms. The number of carbonyl (C=O) groups is 1. The number of rotatable bonds is 2. The number of hydrogen-bond acceptors (Lipinski definition) is 2. The molecule has 0 saturated carbocycles. The largest absolute Gasteiger partial charge is 0.347 e. The van der Waals surface area contributed by atoms with Crippen LogP contribution in [0.5, 0.6) is 0 Å². The lowest BCUT2D eigenvalue weighted by Crippen LogP contribution is -2.41. The Morgan fingerprint density at radius 2 is 1.75 bits per heavy atom. The second-order valence-corrected chi connectivity index (χ2v) is 6.66. The van der Waals surface area contributed by atoms with E-state index in [0.29, 0.717) is 0 Å². The Hall–Kier alpha value is -1.84. The smallest absolute Gasteiger partial charge is 0.251 e. The van der Waals surface area contributed by atoms with Crippen LogP contribution in [-0.2, 0) is 19.3 Å². The van der Waals surface area contributed by atoms with Crippen LogP contribution in [0.1, 0.15) is 51.5 Å². The second kappa shape index (κ2) is 6.96. The quantitative estimate of drug-likeness (QED) is 0.879. The molecule has 4 rings (SSSR count). The van der Waals surface area contributed by atoms with Crippen molar-refractivity contribution in [2.75, 3.05) is 0 Å². The van der Waals surface area contributed by atoms with E-state index in [1.54, 1.807) is 0 Å². The predicted molar refractivity (Wildman–Crippen MR) is 98.7 cm³/mol. The molecule has 2 aromatic rings. The van der Waals surface area contributed by atoms with Crippen LogP contribution in [0.3, 0.4) is 0 Å². The molecule has 2 aromatic carbocycles. The molecule has 126 valence electrons. The molecule has 1 amide bonds. The van der Waals surface area contributed by atoms with Crippen molar-refractivity contribution in [2.45, 2.75) is 44.2 Å². The summed E-state index contributed by atoms with van der Waals surface area (Å²) in [6.45, 7) is 0. The first-order valence-corrected chi connectivity index (χ1v) is 8.49. The van der Waals surface area contributed by atoms with Gasteiger partial charge < -0.3 is 11.1 Å². The number of carbonyl (C=O) groups excluding carboxylic acids is 1. The molecular weight excluding hydrogens is 320 g/mol. The summed E-state index contributed by atoms with van der Waals surface area (Å²) < 4.78 is 0. The van der Waals surface area contributed by atoms with Gasteiger partial charge in [-0.05, 0) is 60.4 Å². The average Bonchev–Trinajstić information content (AvgIpc) is 2.90. The summed E-state index contributed by atoms with van der Waals surface area (Å²) in [5.74, 6) is 0.0250. The van der Waals surface area contributed by atoms with Gasteiger partial charge in [-0.2, -0.15) is 0 Å². The van der Waals surface area contributed by atoms with E-state index >= 15 is 0 Å². The van der Waals surface area contributed by atoms with Crippen LogP contribution in [0.2, 0.25) is 0 Å². The van der Waals surface area contributed by atoms with Crippen molar-refractivity contribution in [1.29, 1.82) is 0 Å². The lowest BCUT2D eigenvalue weighted by molar-refractivity contribution is 0.0932. The minimum absolute atomic E-state index is 0. The highest BCUT2D eigenvalue weighted by molar-refractivity contribution is 5.96. The molecule has 2 atom stereocenters. The predicted octanol–water partition coefficient (Wildman–Crippen LogP) is 3.34. The fourth-order valence-corrected chi connectivity index (χ4v) is 4.01. The van der Waals surface area contributed by atoms with Crippen LogP contribution in [-0.4, -0.2) is 11.9 Å². The van der Waals surface area contributed by atoms with Gasteiger partial charge in [0.2, 0.25) is 0 Å². The average molecular weight is 343 g/mol. The molecule has 3 N–H and O–H groups in total. The summed E-state index contributed by atoms with van der Waals surface area (Å²) in [4.78, 5) is 12.8. The molecular formula is C20H23ClN2O. The van der Waals surface area contributed by atoms with E-state index < -0.39 is 0 Å². The first-order chi connectivity index (χ1) is 11.2. The van der Waals surface area contributed by atoms with Gasteiger partial charge in [0.15, 0.2) is 0 Å². The van der Waals surface area contributed by atoms with Gasteiger partial charge in [-0.15, -0.1) is 12.4 Å². The van der Waals surface area contributed by atoms with E-state index in [4.69, 9.17) is 5.73 Å². The summed E-state index contributed by atoms with van der Waals surface area (Å²) in [5, 5.41) is 3.18. The molecule has 0 saturated heterocycles. The van der Waals surface area contributed by atoms with E-state index in [2.05, 4.69) is 23.5 Å². The van der Waals surface area contributed by atoms with Crippen molar-refractivity contribution in [3.63, 3.8) is 0 Å². The van der Waals surface area contributed by atoms with Gasteiger partial charge in [0.25, 0.3) is 5.91 Å². The number of aryl methyl sites for hydroxylation is 1. The SMILES string of the molecule is Cl.N[C@@H]1c2ccccc2C[C@H]1NC(=O)c1cccc2c1CCCC2. The zero-order valence-electron chi connectivity index (χ0n) is 13.6. The molecule has 0 fully saturated rings. The summed E-state index contributed by atoms with van der Waals surface area (Å²) in [6, 6.07) is 14.2. The van der Waals surface area contributed by atoms with Crippen LogP contribution in [0, 0.1) is 0 Å². The van der Waals surface area contributed by atoms with Crippen LogP contribution in [0.4, 0.5) is 0 Å². The monoisotopic (exact) mass is 342 g/mol.